The number of ether oxygens (including phenoxy) is 2. The van der Waals surface area contributed by atoms with Gasteiger partial charge in [-0.25, -0.2) is 4.79 Å². The van der Waals surface area contributed by atoms with Crippen molar-refractivity contribution in [2.75, 3.05) is 13.2 Å². The van der Waals surface area contributed by atoms with Gasteiger partial charge in [0, 0.05) is 0 Å². The molecular weight excluding hydrogens is 310 g/mol. The summed E-state index contributed by atoms with van der Waals surface area (Å²) in [6, 6.07) is 13.0. The number of hydrogen-bond donors (Lipinski definition) is 0. The summed E-state index contributed by atoms with van der Waals surface area (Å²) < 4.78 is 10.5. The first-order chi connectivity index (χ1) is 11.6. The lowest BCUT2D eigenvalue weighted by molar-refractivity contribution is -0.134. The van der Waals surface area contributed by atoms with Crippen LogP contribution in [0.15, 0.2) is 48.5 Å². The van der Waals surface area contributed by atoms with E-state index >= 15 is 0 Å². The van der Waals surface area contributed by atoms with E-state index in [2.05, 4.69) is 0 Å². The Morgan fingerprint density at radius 1 is 0.917 bits per heavy atom. The fourth-order valence-corrected chi connectivity index (χ4v) is 2.45. The molecule has 0 bridgehead atoms. The van der Waals surface area contributed by atoms with Crippen LogP contribution in [-0.2, 0) is 4.79 Å². The first kappa shape index (κ1) is 15.7. The maximum Gasteiger partial charge on any atom is 0.331 e. The highest BCUT2D eigenvalue weighted by Crippen LogP contribution is 2.23. The first-order valence-corrected chi connectivity index (χ1v) is 7.49. The average Bonchev–Trinajstić information content (AvgIpc) is 2.82. The van der Waals surface area contributed by atoms with Crippen molar-refractivity contribution in [1.29, 1.82) is 0 Å². The van der Waals surface area contributed by atoms with E-state index in [9.17, 15) is 14.4 Å². The van der Waals surface area contributed by atoms with Gasteiger partial charge >= 0.3 is 5.97 Å². The Labute approximate surface area is 138 Å². The summed E-state index contributed by atoms with van der Waals surface area (Å²) in [7, 11) is 0. The number of nitrogens with zero attached hydrogens (tertiary/aromatic N) is 1. The van der Waals surface area contributed by atoms with Gasteiger partial charge in [-0.2, -0.15) is 0 Å². The van der Waals surface area contributed by atoms with Crippen LogP contribution in [0.3, 0.4) is 0 Å². The number of fused-ring (bicyclic) bond motifs is 1. The molecule has 0 fully saturated rings. The highest BCUT2D eigenvalue weighted by atomic mass is 16.5. The lowest BCUT2D eigenvalue weighted by Gasteiger charge is -2.13. The number of esters is 1. The molecule has 0 spiro atoms. The summed E-state index contributed by atoms with van der Waals surface area (Å²) in [5, 5.41) is 0. The number of amides is 2. The van der Waals surface area contributed by atoms with Gasteiger partial charge in [0.1, 0.15) is 18.0 Å². The minimum absolute atomic E-state index is 0.302. The quantitative estimate of drug-likeness (QED) is 0.479. The number of benzene rings is 2. The van der Waals surface area contributed by atoms with Gasteiger partial charge in [0.25, 0.3) is 11.8 Å². The van der Waals surface area contributed by atoms with Crippen LogP contribution < -0.4 is 9.47 Å². The van der Waals surface area contributed by atoms with Crippen LogP contribution in [0, 0.1) is 0 Å². The van der Waals surface area contributed by atoms with E-state index in [-0.39, 0.29) is 0 Å². The third kappa shape index (κ3) is 2.99. The zero-order valence-corrected chi connectivity index (χ0v) is 13.0. The predicted octanol–water partition coefficient (Wildman–Crippen LogP) is 2.29. The number of hydrogen-bond acceptors (Lipinski definition) is 5. The van der Waals surface area contributed by atoms with Crippen LogP contribution in [0.25, 0.3) is 0 Å². The molecule has 122 valence electrons. The van der Waals surface area contributed by atoms with Gasteiger partial charge in [0.05, 0.1) is 17.7 Å². The number of rotatable bonds is 5. The Bertz CT molecular complexity index is 762. The van der Waals surface area contributed by atoms with Gasteiger partial charge in [-0.1, -0.05) is 12.1 Å². The van der Waals surface area contributed by atoms with Crippen LogP contribution in [0.5, 0.6) is 11.5 Å². The van der Waals surface area contributed by atoms with E-state index in [4.69, 9.17) is 9.47 Å². The van der Waals surface area contributed by atoms with E-state index in [0.29, 0.717) is 29.2 Å². The van der Waals surface area contributed by atoms with E-state index < -0.39 is 24.3 Å². The largest absolute Gasteiger partial charge is 0.494 e. The van der Waals surface area contributed by atoms with Gasteiger partial charge in [-0.3, -0.25) is 14.5 Å². The Morgan fingerprint density at radius 3 is 2.00 bits per heavy atom. The van der Waals surface area contributed by atoms with Crippen LogP contribution in [-0.4, -0.2) is 35.8 Å². The molecular formula is C18H15NO5. The molecule has 2 amide bonds. The Kier molecular flexibility index (Phi) is 4.29. The van der Waals surface area contributed by atoms with Crippen molar-refractivity contribution in [3.63, 3.8) is 0 Å². The van der Waals surface area contributed by atoms with Crippen LogP contribution in [0.1, 0.15) is 27.6 Å². The van der Waals surface area contributed by atoms with Gasteiger partial charge in [-0.05, 0) is 43.3 Å². The molecule has 2 aromatic rings. The molecule has 1 aliphatic rings. The second kappa shape index (κ2) is 6.54. The lowest BCUT2D eigenvalue weighted by atomic mass is 10.1. The highest BCUT2D eigenvalue weighted by molar-refractivity contribution is 6.22. The van der Waals surface area contributed by atoms with E-state index in [0.717, 1.165) is 4.90 Å². The van der Waals surface area contributed by atoms with Crippen molar-refractivity contribution in [3.05, 3.63) is 59.7 Å². The monoisotopic (exact) mass is 325 g/mol. The minimum Gasteiger partial charge on any atom is -0.494 e. The average molecular weight is 325 g/mol. The van der Waals surface area contributed by atoms with E-state index in [1.807, 2.05) is 6.92 Å². The molecule has 3 rings (SSSR count). The molecule has 6 heteroatoms. The predicted molar refractivity (Wildman–Crippen MR) is 85.1 cm³/mol. The molecule has 0 N–H and O–H groups in total. The van der Waals surface area contributed by atoms with Crippen LogP contribution in [0.4, 0.5) is 0 Å². The lowest BCUT2D eigenvalue weighted by Crippen LogP contribution is -2.36. The molecule has 6 nitrogen and oxygen atoms in total. The second-order valence-electron chi connectivity index (χ2n) is 5.12. The minimum atomic E-state index is -0.686. The van der Waals surface area contributed by atoms with Crippen molar-refractivity contribution >= 4 is 17.8 Å². The second-order valence-corrected chi connectivity index (χ2v) is 5.12. The fraction of sp³-hybridized carbons (Fsp3) is 0.167. The van der Waals surface area contributed by atoms with E-state index in [1.165, 1.54) is 0 Å². The SMILES string of the molecule is CCOc1ccc(OC(=O)CN2C(=O)c3ccccc3C2=O)cc1. The summed E-state index contributed by atoms with van der Waals surface area (Å²) in [5.74, 6) is -0.676. The van der Waals surface area contributed by atoms with Crippen molar-refractivity contribution in [2.24, 2.45) is 0 Å². The van der Waals surface area contributed by atoms with E-state index in [1.54, 1.807) is 48.5 Å². The molecule has 0 aliphatic carbocycles. The summed E-state index contributed by atoms with van der Waals surface area (Å²) in [6.07, 6.45) is 0. The normalized spacial score (nSPS) is 13.0. The fourth-order valence-electron chi connectivity index (χ4n) is 2.45. The summed E-state index contributed by atoms with van der Waals surface area (Å²) in [5.41, 5.74) is 0.604. The highest BCUT2D eigenvalue weighted by Gasteiger charge is 2.36. The van der Waals surface area contributed by atoms with Gasteiger partial charge < -0.3 is 9.47 Å². The molecule has 0 radical (unpaired) electrons. The topological polar surface area (TPSA) is 72.9 Å². The van der Waals surface area contributed by atoms with Crippen LogP contribution in [0.2, 0.25) is 0 Å². The Balaban J connectivity index is 1.65. The molecule has 1 heterocycles. The molecule has 24 heavy (non-hydrogen) atoms. The smallest absolute Gasteiger partial charge is 0.331 e. The molecule has 0 atom stereocenters. The molecule has 0 saturated carbocycles. The van der Waals surface area contributed by atoms with Gasteiger partial charge in [0.2, 0.25) is 0 Å². The van der Waals surface area contributed by atoms with Gasteiger partial charge in [-0.15, -0.1) is 0 Å². The third-order valence-corrected chi connectivity index (χ3v) is 3.53. The molecule has 0 saturated heterocycles. The standard InChI is InChI=1S/C18H15NO5/c1-2-23-12-7-9-13(10-8-12)24-16(20)11-19-17(21)14-5-3-4-6-15(14)18(19)22/h3-10H,2,11H2,1H3. The summed E-state index contributed by atoms with van der Waals surface area (Å²) in [4.78, 5) is 37.3. The van der Waals surface area contributed by atoms with Crippen LogP contribution >= 0.6 is 0 Å². The molecule has 2 aromatic carbocycles. The molecule has 1 aliphatic heterocycles. The molecule has 0 aromatic heterocycles. The molecule has 0 unspecified atom stereocenters. The first-order valence-electron chi connectivity index (χ1n) is 7.49. The van der Waals surface area contributed by atoms with Crippen molar-refractivity contribution < 1.29 is 23.9 Å². The third-order valence-electron chi connectivity index (χ3n) is 3.53. The zero-order chi connectivity index (χ0) is 17.1. The van der Waals surface area contributed by atoms with Crippen molar-refractivity contribution in [1.82, 2.24) is 4.90 Å². The maximum absolute atomic E-state index is 12.2. The Hall–Kier alpha value is -3.15. The maximum atomic E-state index is 12.2. The van der Waals surface area contributed by atoms with Gasteiger partial charge in [0.15, 0.2) is 0 Å². The van der Waals surface area contributed by atoms with Crippen molar-refractivity contribution in [2.45, 2.75) is 6.92 Å². The Morgan fingerprint density at radius 2 is 1.46 bits per heavy atom. The zero-order valence-electron chi connectivity index (χ0n) is 13.0. The summed E-state index contributed by atoms with van der Waals surface area (Å²) in [6.45, 7) is 1.98. The number of imide groups is 1. The number of carbonyl (C=O) groups is 3. The number of carbonyl (C=O) groups excluding carboxylic acids is 3. The van der Waals surface area contributed by atoms with Crippen molar-refractivity contribution in [3.8, 4) is 11.5 Å². The summed E-state index contributed by atoms with van der Waals surface area (Å²) >= 11 is 0.